The minimum absolute atomic E-state index is 0. The van der Waals surface area contributed by atoms with Crippen LogP contribution in [0.5, 0.6) is 0 Å². The normalized spacial score (nSPS) is 11.1. The van der Waals surface area contributed by atoms with Crippen molar-refractivity contribution >= 4 is 12.4 Å². The molecule has 0 aromatic heterocycles. The monoisotopic (exact) mass is 870 g/mol. The Morgan fingerprint density at radius 3 is 1.14 bits per heavy atom. The summed E-state index contributed by atoms with van der Waals surface area (Å²) in [5, 5.41) is 3.27. The molecule has 2 atom stereocenters. The van der Waals surface area contributed by atoms with E-state index in [1.807, 2.05) is 75.1 Å². The Hall–Kier alpha value is -4.04. The van der Waals surface area contributed by atoms with Crippen LogP contribution in [0.25, 0.3) is 0 Å². The van der Waals surface area contributed by atoms with Gasteiger partial charge in [-0.05, 0) is 120 Å². The van der Waals surface area contributed by atoms with E-state index in [4.69, 9.17) is 0 Å². The number of rotatable bonds is 11. The standard InChI is InChI=1S/C26H29N2.C26H28N.3C2H6.K.H3N/c1-18-6-12-23(13-7-18)26(24-14-21(16-27-4)10-8-19(24)2)25-15-22(17-28-5)11-9-20(25)3;1-6-21-11-9-19(3)24(15-21)26(23-13-7-18(2)8-14-23)25-16-22(17-27-5)12-10-20(25)4;3*1-2;;/h6-16,26,28H,1,17H2,2-5H3;7-17,26H,2,6H2,1,3-5H3;3*1-2H3;;1H3/q2*-1;;;;+1;. The summed E-state index contributed by atoms with van der Waals surface area (Å²) in [6, 6.07) is 44.1. The van der Waals surface area contributed by atoms with Crippen molar-refractivity contribution in [3.63, 3.8) is 0 Å². The van der Waals surface area contributed by atoms with Crippen LogP contribution in [0.15, 0.2) is 131 Å². The zero-order valence-electron chi connectivity index (χ0n) is 41.8. The average molecular weight is 870 g/mol. The maximum atomic E-state index is 4.21. The van der Waals surface area contributed by atoms with Crippen molar-refractivity contribution < 1.29 is 51.4 Å². The van der Waals surface area contributed by atoms with E-state index < -0.39 is 0 Å². The molecule has 4 N–H and O–H groups in total. The largest absolute Gasteiger partial charge is 1.00 e. The van der Waals surface area contributed by atoms with Crippen LogP contribution in [0.2, 0.25) is 0 Å². The van der Waals surface area contributed by atoms with Gasteiger partial charge in [0.1, 0.15) is 0 Å². The summed E-state index contributed by atoms with van der Waals surface area (Å²) in [4.78, 5) is 8.41. The first kappa shape index (κ1) is 59.0. The van der Waals surface area contributed by atoms with Gasteiger partial charge in [-0.15, -0.1) is 24.3 Å². The summed E-state index contributed by atoms with van der Waals surface area (Å²) in [6.45, 7) is 32.0. The van der Waals surface area contributed by atoms with E-state index in [-0.39, 0.29) is 69.4 Å². The van der Waals surface area contributed by atoms with Crippen LogP contribution in [0.3, 0.4) is 0 Å². The fraction of sp³-hybridized carbons (Fsp3) is 0.310. The Balaban J connectivity index is 0.00000106. The van der Waals surface area contributed by atoms with Crippen molar-refractivity contribution in [2.24, 2.45) is 9.98 Å². The van der Waals surface area contributed by atoms with Crippen molar-refractivity contribution in [1.29, 1.82) is 0 Å². The number of aryl methyl sites for hydroxylation is 5. The second-order valence-electron chi connectivity index (χ2n) is 14.6. The van der Waals surface area contributed by atoms with Gasteiger partial charge in [-0.1, -0.05) is 120 Å². The van der Waals surface area contributed by atoms with Crippen LogP contribution < -0.4 is 62.9 Å². The number of nitrogens with one attached hydrogen (secondary N) is 1. The molecule has 0 amide bonds. The smallest absolute Gasteiger partial charge is 0.344 e. The van der Waals surface area contributed by atoms with Gasteiger partial charge in [0.15, 0.2) is 0 Å². The van der Waals surface area contributed by atoms with E-state index in [1.54, 1.807) is 0 Å². The summed E-state index contributed by atoms with van der Waals surface area (Å²) in [6.07, 6.45) is 4.89. The molecule has 2 unspecified atom stereocenters. The fourth-order valence-corrected chi connectivity index (χ4v) is 7.41. The van der Waals surface area contributed by atoms with Crippen LogP contribution in [0, 0.1) is 41.5 Å². The van der Waals surface area contributed by atoms with Crippen LogP contribution in [0.4, 0.5) is 0 Å². The third-order valence-corrected chi connectivity index (χ3v) is 10.5. The molecule has 0 radical (unpaired) electrons. The summed E-state index contributed by atoms with van der Waals surface area (Å²) in [7, 11) is 5.62. The van der Waals surface area contributed by atoms with E-state index >= 15 is 0 Å². The molecule has 0 aliphatic rings. The Kier molecular flexibility index (Phi) is 29.7. The number of aliphatic imine (C=N–C) groups is 2. The first-order valence-electron chi connectivity index (χ1n) is 22.3. The molecule has 0 spiro atoms. The maximum absolute atomic E-state index is 4.21. The molecule has 0 fully saturated rings. The second kappa shape index (κ2) is 31.7. The van der Waals surface area contributed by atoms with E-state index in [0.29, 0.717) is 0 Å². The van der Waals surface area contributed by atoms with Gasteiger partial charge in [0.2, 0.25) is 0 Å². The Labute approximate surface area is 427 Å². The molecule has 0 aliphatic heterocycles. The molecule has 6 aromatic rings. The predicted octanol–water partition coefficient (Wildman–Crippen LogP) is 12.0. The first-order valence-corrected chi connectivity index (χ1v) is 22.3. The van der Waals surface area contributed by atoms with Crippen molar-refractivity contribution in [3.05, 3.63) is 224 Å². The van der Waals surface area contributed by atoms with Crippen LogP contribution >= 0.6 is 0 Å². The zero-order chi connectivity index (χ0) is 45.5. The van der Waals surface area contributed by atoms with Crippen LogP contribution in [0.1, 0.15) is 149 Å². The minimum Gasteiger partial charge on any atom is -0.344 e. The average Bonchev–Trinajstić information content (AvgIpc) is 3.28. The molecular weight excluding hydrogens is 792 g/mol. The first-order chi connectivity index (χ1) is 29.6. The van der Waals surface area contributed by atoms with Crippen LogP contribution in [-0.4, -0.2) is 33.6 Å². The van der Waals surface area contributed by atoms with Gasteiger partial charge in [0.25, 0.3) is 0 Å². The number of hydrogen-bond donors (Lipinski definition) is 2. The molecule has 5 heteroatoms. The summed E-state index contributed by atoms with van der Waals surface area (Å²) in [5.74, 6) is 0.366. The third kappa shape index (κ3) is 17.1. The molecule has 0 saturated heterocycles. The van der Waals surface area contributed by atoms with Gasteiger partial charge >= 0.3 is 51.4 Å². The van der Waals surface area contributed by atoms with Crippen molar-refractivity contribution in [1.82, 2.24) is 11.5 Å². The van der Waals surface area contributed by atoms with E-state index in [0.717, 1.165) is 35.2 Å². The topological polar surface area (TPSA) is 71.8 Å². The molecule has 0 heterocycles. The molecule has 332 valence electrons. The summed E-state index contributed by atoms with van der Waals surface area (Å²) in [5.41, 5.74) is 20.2. The summed E-state index contributed by atoms with van der Waals surface area (Å²) >= 11 is 0. The van der Waals surface area contributed by atoms with Gasteiger partial charge in [-0.3, -0.25) is 9.98 Å². The third-order valence-electron chi connectivity index (χ3n) is 10.5. The Morgan fingerprint density at radius 2 is 0.810 bits per heavy atom. The minimum atomic E-state index is 0. The van der Waals surface area contributed by atoms with E-state index in [1.165, 1.54) is 66.8 Å². The predicted molar refractivity (Wildman–Crippen MR) is 277 cm³/mol. The number of hydrogen-bond acceptors (Lipinski definition) is 4. The number of nitrogens with zero attached hydrogens (tertiary/aromatic N) is 2. The molecule has 6 aromatic carbocycles. The van der Waals surface area contributed by atoms with Gasteiger partial charge in [-0.25, -0.2) is 0 Å². The van der Waals surface area contributed by atoms with Crippen molar-refractivity contribution in [3.8, 4) is 0 Å². The van der Waals surface area contributed by atoms with E-state index in [9.17, 15) is 0 Å². The fourth-order valence-electron chi connectivity index (χ4n) is 7.41. The molecule has 6 rings (SSSR count). The number of benzene rings is 6. The van der Waals surface area contributed by atoms with Crippen molar-refractivity contribution in [2.45, 2.75) is 101 Å². The molecule has 0 aliphatic carbocycles. The Bertz CT molecular complexity index is 2250. The molecule has 0 bridgehead atoms. The van der Waals surface area contributed by atoms with Gasteiger partial charge in [0, 0.05) is 44.9 Å². The SMILES string of the molecule is CC.CC.CC.N.[CH2-]c1ccc(C(c2cc(C=NC)ccc2C)c2cc(CC)ccc2C)cc1.[CH2-]c1ccc(C(c2cc(C=NC)ccc2C)c2cc(CNC)ccc2C)cc1.[K+]. The van der Waals surface area contributed by atoms with Crippen LogP contribution in [-0.2, 0) is 13.0 Å². The maximum Gasteiger partial charge on any atom is 1.00 e. The molecular formula is C58H78KN4-. The van der Waals surface area contributed by atoms with Crippen molar-refractivity contribution in [2.75, 3.05) is 21.1 Å². The quantitative estimate of drug-likeness (QED) is 0.0589. The summed E-state index contributed by atoms with van der Waals surface area (Å²) < 4.78 is 0. The Morgan fingerprint density at radius 1 is 0.492 bits per heavy atom. The molecule has 0 saturated carbocycles. The second-order valence-corrected chi connectivity index (χ2v) is 14.6. The molecule has 4 nitrogen and oxygen atoms in total. The van der Waals surface area contributed by atoms with Gasteiger partial charge < -0.3 is 11.5 Å². The van der Waals surface area contributed by atoms with Gasteiger partial charge in [0.05, 0.1) is 0 Å². The zero-order valence-corrected chi connectivity index (χ0v) is 44.9. The van der Waals surface area contributed by atoms with Gasteiger partial charge in [-0.2, -0.15) is 49.2 Å². The molecule has 63 heavy (non-hydrogen) atoms. The van der Waals surface area contributed by atoms with E-state index in [2.05, 4.69) is 185 Å².